The highest BCUT2D eigenvalue weighted by Crippen LogP contribution is 2.23. The van der Waals surface area contributed by atoms with Crippen molar-refractivity contribution in [3.8, 4) is 11.3 Å². The molecule has 0 saturated carbocycles. The standard InChI is InChI=1S/C22H23NO3/c1-3-25-22(24)19-11-9-18(10-12-19)21-14-13-20(26-21)15-23-16(2)17-7-5-4-6-8-17/h4-14,16,23H,3,15H2,1-2H3. The van der Waals surface area contributed by atoms with Gasteiger partial charge < -0.3 is 14.5 Å². The van der Waals surface area contributed by atoms with E-state index >= 15 is 0 Å². The summed E-state index contributed by atoms with van der Waals surface area (Å²) in [5, 5.41) is 3.46. The number of hydrogen-bond acceptors (Lipinski definition) is 4. The van der Waals surface area contributed by atoms with Gasteiger partial charge in [0.25, 0.3) is 0 Å². The van der Waals surface area contributed by atoms with Crippen molar-refractivity contribution in [3.63, 3.8) is 0 Å². The third kappa shape index (κ3) is 4.41. The third-order valence-electron chi connectivity index (χ3n) is 4.22. The summed E-state index contributed by atoms with van der Waals surface area (Å²) >= 11 is 0. The minimum Gasteiger partial charge on any atom is -0.462 e. The number of rotatable bonds is 7. The molecule has 0 saturated heterocycles. The van der Waals surface area contributed by atoms with Crippen LogP contribution in [0.15, 0.2) is 71.1 Å². The quantitative estimate of drug-likeness (QED) is 0.612. The average molecular weight is 349 g/mol. The molecular weight excluding hydrogens is 326 g/mol. The summed E-state index contributed by atoms with van der Waals surface area (Å²) in [5.41, 5.74) is 2.72. The highest BCUT2D eigenvalue weighted by atomic mass is 16.5. The smallest absolute Gasteiger partial charge is 0.338 e. The first-order valence-electron chi connectivity index (χ1n) is 8.82. The lowest BCUT2D eigenvalue weighted by molar-refractivity contribution is 0.0526. The fourth-order valence-corrected chi connectivity index (χ4v) is 2.73. The van der Waals surface area contributed by atoms with Crippen LogP contribution in [0.4, 0.5) is 0 Å². The summed E-state index contributed by atoms with van der Waals surface area (Å²) in [6.07, 6.45) is 0. The zero-order valence-electron chi connectivity index (χ0n) is 15.1. The van der Waals surface area contributed by atoms with Gasteiger partial charge in [-0.15, -0.1) is 0 Å². The van der Waals surface area contributed by atoms with Gasteiger partial charge in [0.2, 0.25) is 0 Å². The molecule has 0 aliphatic heterocycles. The number of hydrogen-bond donors (Lipinski definition) is 1. The molecule has 0 bridgehead atoms. The summed E-state index contributed by atoms with van der Waals surface area (Å²) < 4.78 is 10.9. The Labute approximate surface area is 153 Å². The normalized spacial score (nSPS) is 11.9. The van der Waals surface area contributed by atoms with Crippen LogP contribution in [0, 0.1) is 0 Å². The number of carbonyl (C=O) groups excluding carboxylic acids is 1. The van der Waals surface area contributed by atoms with Crippen molar-refractivity contribution < 1.29 is 13.9 Å². The molecular formula is C22H23NO3. The summed E-state index contributed by atoms with van der Waals surface area (Å²) in [7, 11) is 0. The molecule has 0 fully saturated rings. The predicted octanol–water partition coefficient (Wildman–Crippen LogP) is 4.97. The zero-order valence-corrected chi connectivity index (χ0v) is 15.1. The minimum atomic E-state index is -0.307. The van der Waals surface area contributed by atoms with Gasteiger partial charge >= 0.3 is 5.97 Å². The first kappa shape index (κ1) is 18.0. The molecule has 0 amide bonds. The van der Waals surface area contributed by atoms with E-state index in [-0.39, 0.29) is 12.0 Å². The molecule has 26 heavy (non-hydrogen) atoms. The van der Waals surface area contributed by atoms with Crippen molar-refractivity contribution >= 4 is 5.97 Å². The van der Waals surface area contributed by atoms with Crippen LogP contribution in [0.25, 0.3) is 11.3 Å². The lowest BCUT2D eigenvalue weighted by atomic mass is 10.1. The molecule has 1 unspecified atom stereocenters. The number of ether oxygens (including phenoxy) is 1. The second-order valence-electron chi connectivity index (χ2n) is 6.08. The van der Waals surface area contributed by atoms with E-state index in [1.54, 1.807) is 19.1 Å². The van der Waals surface area contributed by atoms with Gasteiger partial charge in [0.05, 0.1) is 18.7 Å². The van der Waals surface area contributed by atoms with E-state index in [1.807, 2.05) is 42.5 Å². The molecule has 1 atom stereocenters. The highest BCUT2D eigenvalue weighted by Gasteiger charge is 2.10. The van der Waals surface area contributed by atoms with E-state index in [9.17, 15) is 4.79 Å². The SMILES string of the molecule is CCOC(=O)c1ccc(-c2ccc(CNC(C)c3ccccc3)o2)cc1. The van der Waals surface area contributed by atoms with Gasteiger partial charge in [-0.2, -0.15) is 0 Å². The molecule has 1 N–H and O–H groups in total. The Balaban J connectivity index is 1.61. The van der Waals surface area contributed by atoms with Crippen LogP contribution in [-0.4, -0.2) is 12.6 Å². The first-order chi connectivity index (χ1) is 12.7. The van der Waals surface area contributed by atoms with Crippen molar-refractivity contribution in [2.75, 3.05) is 6.61 Å². The van der Waals surface area contributed by atoms with Gasteiger partial charge in [0.15, 0.2) is 0 Å². The van der Waals surface area contributed by atoms with E-state index in [0.29, 0.717) is 18.7 Å². The summed E-state index contributed by atoms with van der Waals surface area (Å²) in [6.45, 7) is 4.95. The van der Waals surface area contributed by atoms with Crippen LogP contribution in [0.2, 0.25) is 0 Å². The lowest BCUT2D eigenvalue weighted by Crippen LogP contribution is -2.17. The maximum atomic E-state index is 11.7. The third-order valence-corrected chi connectivity index (χ3v) is 4.22. The maximum Gasteiger partial charge on any atom is 0.338 e. The number of esters is 1. The molecule has 0 spiro atoms. The van der Waals surface area contributed by atoms with E-state index < -0.39 is 0 Å². The Morgan fingerprint density at radius 1 is 1.04 bits per heavy atom. The molecule has 0 radical (unpaired) electrons. The van der Waals surface area contributed by atoms with E-state index in [0.717, 1.165) is 17.1 Å². The fraction of sp³-hybridized carbons (Fsp3) is 0.227. The van der Waals surface area contributed by atoms with Gasteiger partial charge in [-0.3, -0.25) is 0 Å². The Morgan fingerprint density at radius 2 is 1.77 bits per heavy atom. The fourth-order valence-electron chi connectivity index (χ4n) is 2.73. The Morgan fingerprint density at radius 3 is 2.46 bits per heavy atom. The summed E-state index contributed by atoms with van der Waals surface area (Å²) in [4.78, 5) is 11.7. The molecule has 134 valence electrons. The monoisotopic (exact) mass is 349 g/mol. The Bertz CT molecular complexity index is 837. The molecule has 2 aromatic carbocycles. The minimum absolute atomic E-state index is 0.244. The van der Waals surface area contributed by atoms with Crippen molar-refractivity contribution in [1.82, 2.24) is 5.32 Å². The number of furan rings is 1. The Kier molecular flexibility index (Phi) is 5.87. The van der Waals surface area contributed by atoms with Crippen LogP contribution < -0.4 is 5.32 Å². The molecule has 4 heteroatoms. The van der Waals surface area contributed by atoms with Gasteiger partial charge in [-0.1, -0.05) is 42.5 Å². The second kappa shape index (κ2) is 8.50. The Hall–Kier alpha value is -2.85. The summed E-state index contributed by atoms with van der Waals surface area (Å²) in [6, 6.07) is 21.7. The number of carbonyl (C=O) groups is 1. The molecule has 3 aromatic rings. The largest absolute Gasteiger partial charge is 0.462 e. The van der Waals surface area contributed by atoms with Gasteiger partial charge in [0.1, 0.15) is 11.5 Å². The van der Waals surface area contributed by atoms with Crippen molar-refractivity contribution in [3.05, 3.63) is 83.6 Å². The topological polar surface area (TPSA) is 51.5 Å². The molecule has 4 nitrogen and oxygen atoms in total. The van der Waals surface area contributed by atoms with E-state index in [2.05, 4.69) is 24.4 Å². The van der Waals surface area contributed by atoms with Gasteiger partial charge in [0, 0.05) is 11.6 Å². The molecule has 1 heterocycles. The first-order valence-corrected chi connectivity index (χ1v) is 8.82. The molecule has 0 aliphatic rings. The molecule has 0 aliphatic carbocycles. The van der Waals surface area contributed by atoms with Crippen molar-refractivity contribution in [1.29, 1.82) is 0 Å². The van der Waals surface area contributed by atoms with Crippen LogP contribution in [0.5, 0.6) is 0 Å². The van der Waals surface area contributed by atoms with Crippen LogP contribution in [0.3, 0.4) is 0 Å². The molecule has 1 aromatic heterocycles. The highest BCUT2D eigenvalue weighted by molar-refractivity contribution is 5.89. The van der Waals surface area contributed by atoms with Crippen LogP contribution in [-0.2, 0) is 11.3 Å². The van der Waals surface area contributed by atoms with Crippen molar-refractivity contribution in [2.45, 2.75) is 26.4 Å². The number of benzene rings is 2. The van der Waals surface area contributed by atoms with Crippen LogP contribution >= 0.6 is 0 Å². The molecule has 3 rings (SSSR count). The second-order valence-corrected chi connectivity index (χ2v) is 6.08. The van der Waals surface area contributed by atoms with Gasteiger partial charge in [-0.25, -0.2) is 4.79 Å². The van der Waals surface area contributed by atoms with E-state index in [1.165, 1.54) is 5.56 Å². The lowest BCUT2D eigenvalue weighted by Gasteiger charge is -2.12. The average Bonchev–Trinajstić information content (AvgIpc) is 3.16. The van der Waals surface area contributed by atoms with Crippen LogP contribution in [0.1, 0.15) is 41.6 Å². The maximum absolute atomic E-state index is 11.7. The number of nitrogens with one attached hydrogen (secondary N) is 1. The zero-order chi connectivity index (χ0) is 18.4. The van der Waals surface area contributed by atoms with Crippen molar-refractivity contribution in [2.24, 2.45) is 0 Å². The predicted molar refractivity (Wildman–Crippen MR) is 102 cm³/mol. The van der Waals surface area contributed by atoms with E-state index in [4.69, 9.17) is 9.15 Å². The van der Waals surface area contributed by atoms with Gasteiger partial charge in [-0.05, 0) is 43.7 Å². The summed E-state index contributed by atoms with van der Waals surface area (Å²) in [5.74, 6) is 1.35.